The molecule has 112 valence electrons. The lowest BCUT2D eigenvalue weighted by atomic mass is 10.2. The molecule has 9 heteroatoms. The Hall–Kier alpha value is -2.81. The Morgan fingerprint density at radius 3 is 2.18 bits per heavy atom. The van der Waals surface area contributed by atoms with Gasteiger partial charge in [-0.2, -0.15) is 0 Å². The van der Waals surface area contributed by atoms with Crippen molar-refractivity contribution in [3.8, 4) is 0 Å². The number of carbonyl (C=O) groups excluding carboxylic acids is 1. The highest BCUT2D eigenvalue weighted by Crippen LogP contribution is 2.29. The molecule has 22 heavy (non-hydrogen) atoms. The van der Waals surface area contributed by atoms with Crippen LogP contribution in [0.2, 0.25) is 0 Å². The minimum atomic E-state index is -0.788. The summed E-state index contributed by atoms with van der Waals surface area (Å²) in [5.74, 6) is -0.551. The van der Waals surface area contributed by atoms with Crippen molar-refractivity contribution in [3.63, 3.8) is 0 Å². The normalized spacial score (nSPS) is 10.0. The molecule has 0 radical (unpaired) electrons. The summed E-state index contributed by atoms with van der Waals surface area (Å²) in [6.45, 7) is 0. The molecule has 2 aromatic rings. The van der Waals surface area contributed by atoms with Crippen molar-refractivity contribution in [2.75, 3.05) is 5.32 Å². The van der Waals surface area contributed by atoms with Gasteiger partial charge in [0.15, 0.2) is 0 Å². The fourth-order valence-electron chi connectivity index (χ4n) is 1.69. The Bertz CT molecular complexity index is 761. The molecule has 0 spiro atoms. The van der Waals surface area contributed by atoms with Crippen LogP contribution in [0.1, 0.15) is 10.4 Å². The number of nitro benzene ring substituents is 2. The Kier molecular flexibility index (Phi) is 4.47. The third-order valence-corrected chi connectivity index (χ3v) is 3.27. The predicted octanol–water partition coefficient (Wildman–Crippen LogP) is 3.52. The Morgan fingerprint density at radius 2 is 1.64 bits per heavy atom. The minimum absolute atomic E-state index is 0.108. The van der Waals surface area contributed by atoms with Crippen LogP contribution in [0.5, 0.6) is 0 Å². The number of amides is 1. The topological polar surface area (TPSA) is 115 Å². The SMILES string of the molecule is O=C(Nc1ccc([N+](=O)[O-])cc1[N+](=O)[O-])c1ccc(Br)cc1. The van der Waals surface area contributed by atoms with Crippen molar-refractivity contribution in [2.24, 2.45) is 0 Å². The largest absolute Gasteiger partial charge is 0.316 e. The van der Waals surface area contributed by atoms with E-state index in [1.54, 1.807) is 12.1 Å². The van der Waals surface area contributed by atoms with Crippen molar-refractivity contribution < 1.29 is 14.6 Å². The van der Waals surface area contributed by atoms with E-state index < -0.39 is 27.1 Å². The van der Waals surface area contributed by atoms with Gasteiger partial charge in [-0.3, -0.25) is 25.0 Å². The van der Waals surface area contributed by atoms with Crippen molar-refractivity contribution >= 4 is 38.9 Å². The van der Waals surface area contributed by atoms with Crippen molar-refractivity contribution in [2.45, 2.75) is 0 Å². The quantitative estimate of drug-likeness (QED) is 0.657. The summed E-state index contributed by atoms with van der Waals surface area (Å²) < 4.78 is 0.783. The number of nitrogens with one attached hydrogen (secondary N) is 1. The number of hydrogen-bond donors (Lipinski definition) is 1. The van der Waals surface area contributed by atoms with E-state index in [0.29, 0.717) is 5.56 Å². The molecular formula is C13H8BrN3O5. The molecule has 2 aromatic carbocycles. The van der Waals surface area contributed by atoms with E-state index in [9.17, 15) is 25.0 Å². The van der Waals surface area contributed by atoms with Gasteiger partial charge in [-0.1, -0.05) is 15.9 Å². The van der Waals surface area contributed by atoms with Gasteiger partial charge in [0.25, 0.3) is 17.3 Å². The average molecular weight is 366 g/mol. The van der Waals surface area contributed by atoms with E-state index in [-0.39, 0.29) is 5.69 Å². The lowest BCUT2D eigenvalue weighted by molar-refractivity contribution is -0.393. The van der Waals surface area contributed by atoms with E-state index in [1.807, 2.05) is 0 Å². The van der Waals surface area contributed by atoms with Gasteiger partial charge in [0.2, 0.25) is 0 Å². The molecule has 0 saturated heterocycles. The van der Waals surface area contributed by atoms with Crippen molar-refractivity contribution in [3.05, 3.63) is 72.7 Å². The first-order valence-electron chi connectivity index (χ1n) is 5.88. The zero-order chi connectivity index (χ0) is 16.3. The molecule has 8 nitrogen and oxygen atoms in total. The molecular weight excluding hydrogens is 358 g/mol. The molecule has 0 aliphatic rings. The molecule has 0 aromatic heterocycles. The third-order valence-electron chi connectivity index (χ3n) is 2.74. The summed E-state index contributed by atoms with van der Waals surface area (Å²) in [5.41, 5.74) is -0.771. The number of carbonyl (C=O) groups is 1. The molecule has 0 bridgehead atoms. The Balaban J connectivity index is 2.32. The summed E-state index contributed by atoms with van der Waals surface area (Å²) in [4.78, 5) is 32.1. The lowest BCUT2D eigenvalue weighted by Gasteiger charge is -2.06. The number of rotatable bonds is 4. The van der Waals surface area contributed by atoms with Gasteiger partial charge in [0.1, 0.15) is 5.69 Å². The molecule has 1 amide bonds. The maximum Gasteiger partial charge on any atom is 0.299 e. The maximum absolute atomic E-state index is 12.0. The second kappa shape index (κ2) is 6.31. The molecule has 1 N–H and O–H groups in total. The molecule has 0 heterocycles. The Morgan fingerprint density at radius 1 is 1.00 bits per heavy atom. The zero-order valence-electron chi connectivity index (χ0n) is 10.9. The van der Waals surface area contributed by atoms with E-state index in [2.05, 4.69) is 21.2 Å². The summed E-state index contributed by atoms with van der Waals surface area (Å²) in [5, 5.41) is 24.0. The highest BCUT2D eigenvalue weighted by Gasteiger charge is 2.21. The lowest BCUT2D eigenvalue weighted by Crippen LogP contribution is -2.13. The van der Waals surface area contributed by atoms with Crippen LogP contribution in [0.3, 0.4) is 0 Å². The standard InChI is InChI=1S/C13H8BrN3O5/c14-9-3-1-8(2-4-9)13(18)15-11-6-5-10(16(19)20)7-12(11)17(21)22/h1-7H,(H,15,18). The van der Waals surface area contributed by atoms with Gasteiger partial charge in [0.05, 0.1) is 15.9 Å². The Labute approximate surface area is 132 Å². The second-order valence-electron chi connectivity index (χ2n) is 4.18. The van der Waals surface area contributed by atoms with Crippen LogP contribution in [0.25, 0.3) is 0 Å². The first-order chi connectivity index (χ1) is 10.4. The fraction of sp³-hybridized carbons (Fsp3) is 0. The monoisotopic (exact) mass is 365 g/mol. The van der Waals surface area contributed by atoms with Gasteiger partial charge in [-0.05, 0) is 30.3 Å². The third kappa shape index (κ3) is 3.44. The van der Waals surface area contributed by atoms with Gasteiger partial charge in [0, 0.05) is 16.1 Å². The number of benzene rings is 2. The molecule has 0 saturated carbocycles. The number of anilines is 1. The first kappa shape index (κ1) is 15.6. The van der Waals surface area contributed by atoms with E-state index in [0.717, 1.165) is 22.7 Å². The van der Waals surface area contributed by atoms with E-state index in [4.69, 9.17) is 0 Å². The number of halogens is 1. The van der Waals surface area contributed by atoms with Crippen LogP contribution in [-0.2, 0) is 0 Å². The fourth-order valence-corrected chi connectivity index (χ4v) is 1.95. The highest BCUT2D eigenvalue weighted by molar-refractivity contribution is 9.10. The first-order valence-corrected chi connectivity index (χ1v) is 6.67. The molecule has 0 aliphatic carbocycles. The van der Waals surface area contributed by atoms with Crippen LogP contribution in [0, 0.1) is 20.2 Å². The van der Waals surface area contributed by atoms with Gasteiger partial charge >= 0.3 is 0 Å². The molecule has 0 aliphatic heterocycles. The van der Waals surface area contributed by atoms with Gasteiger partial charge < -0.3 is 5.32 Å². The number of nitrogens with zero attached hydrogens (tertiary/aromatic N) is 2. The van der Waals surface area contributed by atoms with E-state index in [1.165, 1.54) is 12.1 Å². The number of non-ortho nitro benzene ring substituents is 1. The van der Waals surface area contributed by atoms with Crippen LogP contribution in [0.15, 0.2) is 46.9 Å². The van der Waals surface area contributed by atoms with Crippen LogP contribution < -0.4 is 5.32 Å². The zero-order valence-corrected chi connectivity index (χ0v) is 12.4. The smallest absolute Gasteiger partial charge is 0.299 e. The number of hydrogen-bond acceptors (Lipinski definition) is 5. The minimum Gasteiger partial charge on any atom is -0.316 e. The van der Waals surface area contributed by atoms with Crippen molar-refractivity contribution in [1.29, 1.82) is 0 Å². The molecule has 2 rings (SSSR count). The molecule has 0 fully saturated rings. The van der Waals surface area contributed by atoms with Crippen LogP contribution in [0.4, 0.5) is 17.1 Å². The summed E-state index contributed by atoms with van der Waals surface area (Å²) in [6, 6.07) is 9.40. The van der Waals surface area contributed by atoms with Crippen LogP contribution in [-0.4, -0.2) is 15.8 Å². The molecule has 0 atom stereocenters. The second-order valence-corrected chi connectivity index (χ2v) is 5.09. The van der Waals surface area contributed by atoms with Crippen molar-refractivity contribution in [1.82, 2.24) is 0 Å². The highest BCUT2D eigenvalue weighted by atomic mass is 79.9. The summed E-state index contributed by atoms with van der Waals surface area (Å²) in [6.07, 6.45) is 0. The average Bonchev–Trinajstić information content (AvgIpc) is 2.47. The van der Waals surface area contributed by atoms with Crippen LogP contribution >= 0.6 is 15.9 Å². The summed E-state index contributed by atoms with van der Waals surface area (Å²) in [7, 11) is 0. The van der Waals surface area contributed by atoms with E-state index >= 15 is 0 Å². The van der Waals surface area contributed by atoms with Gasteiger partial charge in [-0.25, -0.2) is 0 Å². The maximum atomic E-state index is 12.0. The predicted molar refractivity (Wildman–Crippen MR) is 81.8 cm³/mol. The van der Waals surface area contributed by atoms with Gasteiger partial charge in [-0.15, -0.1) is 0 Å². The summed E-state index contributed by atoms with van der Waals surface area (Å²) >= 11 is 3.23. The number of nitro groups is 2. The molecule has 0 unspecified atom stereocenters.